The smallest absolute Gasteiger partial charge is 0.239 e. The Labute approximate surface area is 156 Å². The zero-order valence-corrected chi connectivity index (χ0v) is 15.1. The molecule has 1 amide bonds. The van der Waals surface area contributed by atoms with Crippen LogP contribution in [0.4, 0.5) is 0 Å². The lowest BCUT2D eigenvalue weighted by Gasteiger charge is -2.08. The summed E-state index contributed by atoms with van der Waals surface area (Å²) in [4.78, 5) is 12.3. The average molecular weight is 363 g/mol. The van der Waals surface area contributed by atoms with Crippen LogP contribution in [0.1, 0.15) is 12.2 Å². The Balaban J connectivity index is 1.30. The van der Waals surface area contributed by atoms with Crippen LogP contribution in [0.15, 0.2) is 54.9 Å². The zero-order chi connectivity index (χ0) is 18.6. The first-order valence-electron chi connectivity index (χ1n) is 8.93. The highest BCUT2D eigenvalue weighted by atomic mass is 16.5. The number of amides is 1. The number of fused-ring (bicyclic) bond motifs is 2. The highest BCUT2D eigenvalue weighted by Crippen LogP contribution is 2.21. The predicted molar refractivity (Wildman–Crippen MR) is 103 cm³/mol. The zero-order valence-electron chi connectivity index (χ0n) is 15.1. The molecule has 0 atom stereocenters. The molecule has 0 aliphatic rings. The molecular formula is C20H21N5O2. The first-order valence-corrected chi connectivity index (χ1v) is 8.93. The number of benzene rings is 1. The SMILES string of the molecule is COc1ccc2c(ccn2CC(=O)NCCCc2nnc3ccccn23)c1. The second-order valence-corrected chi connectivity index (χ2v) is 6.37. The number of aromatic nitrogens is 4. The monoisotopic (exact) mass is 363 g/mol. The molecule has 0 fully saturated rings. The van der Waals surface area contributed by atoms with Crippen molar-refractivity contribution < 1.29 is 9.53 Å². The van der Waals surface area contributed by atoms with Gasteiger partial charge in [-0.15, -0.1) is 10.2 Å². The molecule has 3 aromatic heterocycles. The predicted octanol–water partition coefficient (Wildman–Crippen LogP) is 2.44. The van der Waals surface area contributed by atoms with Crippen LogP contribution in [0.2, 0.25) is 0 Å². The van der Waals surface area contributed by atoms with Gasteiger partial charge in [-0.05, 0) is 42.8 Å². The summed E-state index contributed by atoms with van der Waals surface area (Å²) >= 11 is 0. The third kappa shape index (κ3) is 3.62. The number of ether oxygens (including phenoxy) is 1. The van der Waals surface area contributed by atoms with Crippen molar-refractivity contribution in [3.8, 4) is 5.75 Å². The molecule has 7 nitrogen and oxygen atoms in total. The second-order valence-electron chi connectivity index (χ2n) is 6.37. The summed E-state index contributed by atoms with van der Waals surface area (Å²) in [6, 6.07) is 13.6. The normalized spacial score (nSPS) is 11.1. The number of hydrogen-bond donors (Lipinski definition) is 1. The van der Waals surface area contributed by atoms with Gasteiger partial charge in [-0.3, -0.25) is 9.20 Å². The van der Waals surface area contributed by atoms with E-state index in [-0.39, 0.29) is 5.91 Å². The summed E-state index contributed by atoms with van der Waals surface area (Å²) in [5.74, 6) is 1.71. The van der Waals surface area contributed by atoms with Crippen LogP contribution < -0.4 is 10.1 Å². The summed E-state index contributed by atoms with van der Waals surface area (Å²) in [7, 11) is 1.65. The highest BCUT2D eigenvalue weighted by molar-refractivity contribution is 5.84. The molecule has 7 heteroatoms. The maximum atomic E-state index is 12.3. The summed E-state index contributed by atoms with van der Waals surface area (Å²) in [6.45, 7) is 0.900. The van der Waals surface area contributed by atoms with Gasteiger partial charge in [-0.2, -0.15) is 0 Å². The van der Waals surface area contributed by atoms with Gasteiger partial charge >= 0.3 is 0 Å². The van der Waals surface area contributed by atoms with Gasteiger partial charge in [0.1, 0.15) is 18.1 Å². The number of pyridine rings is 1. The summed E-state index contributed by atoms with van der Waals surface area (Å²) in [5.41, 5.74) is 1.86. The van der Waals surface area contributed by atoms with Crippen LogP contribution in [0.5, 0.6) is 5.75 Å². The number of aryl methyl sites for hydroxylation is 1. The lowest BCUT2D eigenvalue weighted by atomic mass is 10.2. The summed E-state index contributed by atoms with van der Waals surface area (Å²) < 4.78 is 9.15. The molecule has 1 N–H and O–H groups in total. The van der Waals surface area contributed by atoms with E-state index in [0.29, 0.717) is 13.1 Å². The molecule has 0 radical (unpaired) electrons. The summed E-state index contributed by atoms with van der Waals surface area (Å²) in [5, 5.41) is 12.4. The Kier molecular flexibility index (Phi) is 4.74. The van der Waals surface area contributed by atoms with Crippen molar-refractivity contribution in [3.05, 3.63) is 60.7 Å². The van der Waals surface area contributed by atoms with Crippen LogP contribution in [0.25, 0.3) is 16.6 Å². The lowest BCUT2D eigenvalue weighted by Crippen LogP contribution is -2.28. The standard InChI is InChI=1S/C20H21N5O2/c1-27-16-7-8-17-15(13-16)9-12-24(17)14-20(26)21-10-4-6-19-23-22-18-5-2-3-11-25(18)19/h2-3,5,7-9,11-13H,4,6,10,14H2,1H3,(H,21,26). The van der Waals surface area contributed by atoms with Gasteiger partial charge < -0.3 is 14.6 Å². The molecule has 138 valence electrons. The number of hydrogen-bond acceptors (Lipinski definition) is 4. The van der Waals surface area contributed by atoms with E-state index in [1.54, 1.807) is 7.11 Å². The lowest BCUT2D eigenvalue weighted by molar-refractivity contribution is -0.121. The maximum Gasteiger partial charge on any atom is 0.239 e. The third-order valence-electron chi connectivity index (χ3n) is 4.58. The topological polar surface area (TPSA) is 73.4 Å². The molecule has 27 heavy (non-hydrogen) atoms. The molecule has 0 saturated heterocycles. The minimum Gasteiger partial charge on any atom is -0.497 e. The number of rotatable bonds is 7. The quantitative estimate of drug-likeness (QED) is 0.512. The molecular weight excluding hydrogens is 342 g/mol. The van der Waals surface area contributed by atoms with E-state index >= 15 is 0 Å². The fourth-order valence-electron chi connectivity index (χ4n) is 3.19. The Morgan fingerprint density at radius 2 is 2.07 bits per heavy atom. The molecule has 3 heterocycles. The van der Waals surface area contributed by atoms with E-state index in [2.05, 4.69) is 15.5 Å². The minimum absolute atomic E-state index is 0.00517. The van der Waals surface area contributed by atoms with Gasteiger partial charge in [0.25, 0.3) is 0 Å². The van der Waals surface area contributed by atoms with Crippen LogP contribution in [0, 0.1) is 0 Å². The number of carbonyl (C=O) groups excluding carboxylic acids is 1. The Morgan fingerprint density at radius 3 is 2.96 bits per heavy atom. The third-order valence-corrected chi connectivity index (χ3v) is 4.58. The fraction of sp³-hybridized carbons (Fsp3) is 0.250. The van der Waals surface area contributed by atoms with Crippen molar-refractivity contribution in [2.24, 2.45) is 0 Å². The fourth-order valence-corrected chi connectivity index (χ4v) is 3.19. The van der Waals surface area contributed by atoms with E-state index < -0.39 is 0 Å². The molecule has 0 bridgehead atoms. The largest absolute Gasteiger partial charge is 0.497 e. The van der Waals surface area contributed by atoms with Gasteiger partial charge in [0.15, 0.2) is 5.65 Å². The average Bonchev–Trinajstić information content (AvgIpc) is 3.29. The van der Waals surface area contributed by atoms with Crippen molar-refractivity contribution >= 4 is 22.5 Å². The van der Waals surface area contributed by atoms with Gasteiger partial charge in [0.2, 0.25) is 5.91 Å². The molecule has 0 saturated carbocycles. The van der Waals surface area contributed by atoms with E-state index in [4.69, 9.17) is 4.74 Å². The molecule has 4 aromatic rings. The Morgan fingerprint density at radius 1 is 1.15 bits per heavy atom. The van der Waals surface area contributed by atoms with Gasteiger partial charge in [0.05, 0.1) is 7.11 Å². The Bertz CT molecular complexity index is 1080. The van der Waals surface area contributed by atoms with Gasteiger partial charge in [0, 0.05) is 36.3 Å². The van der Waals surface area contributed by atoms with Crippen LogP contribution in [0.3, 0.4) is 0 Å². The first kappa shape index (κ1) is 17.1. The number of carbonyl (C=O) groups is 1. The summed E-state index contributed by atoms with van der Waals surface area (Å²) in [6.07, 6.45) is 5.45. The van der Waals surface area contributed by atoms with Crippen molar-refractivity contribution in [3.63, 3.8) is 0 Å². The molecule has 0 aliphatic heterocycles. The van der Waals surface area contributed by atoms with Crippen LogP contribution >= 0.6 is 0 Å². The van der Waals surface area contributed by atoms with E-state index in [1.165, 1.54) is 0 Å². The highest BCUT2D eigenvalue weighted by Gasteiger charge is 2.08. The van der Waals surface area contributed by atoms with Crippen LogP contribution in [-0.4, -0.2) is 38.7 Å². The molecule has 4 rings (SSSR count). The maximum absolute atomic E-state index is 12.3. The van der Waals surface area contributed by atoms with E-state index in [0.717, 1.165) is 41.0 Å². The van der Waals surface area contributed by atoms with E-state index in [1.807, 2.05) is 63.8 Å². The number of methoxy groups -OCH3 is 1. The van der Waals surface area contributed by atoms with Crippen molar-refractivity contribution in [2.75, 3.05) is 13.7 Å². The minimum atomic E-state index is -0.00517. The molecule has 1 aromatic carbocycles. The molecule has 0 spiro atoms. The second kappa shape index (κ2) is 7.49. The van der Waals surface area contributed by atoms with Gasteiger partial charge in [-0.1, -0.05) is 6.07 Å². The van der Waals surface area contributed by atoms with Crippen molar-refractivity contribution in [1.29, 1.82) is 0 Å². The Hall–Kier alpha value is -3.35. The number of nitrogens with one attached hydrogen (secondary N) is 1. The van der Waals surface area contributed by atoms with Crippen LogP contribution in [-0.2, 0) is 17.8 Å². The van der Waals surface area contributed by atoms with Gasteiger partial charge in [-0.25, -0.2) is 0 Å². The van der Waals surface area contributed by atoms with Crippen molar-refractivity contribution in [1.82, 2.24) is 24.5 Å². The molecule has 0 unspecified atom stereocenters. The van der Waals surface area contributed by atoms with Crippen molar-refractivity contribution in [2.45, 2.75) is 19.4 Å². The molecule has 0 aliphatic carbocycles. The van der Waals surface area contributed by atoms with E-state index in [9.17, 15) is 4.79 Å². The first-order chi connectivity index (χ1) is 13.2. The number of nitrogens with zero attached hydrogens (tertiary/aromatic N) is 4.